The molecule has 0 aliphatic carbocycles. The first-order valence-corrected chi connectivity index (χ1v) is 7.00. The number of nitrogens with zero attached hydrogens (tertiary/aromatic N) is 5. The van der Waals surface area contributed by atoms with E-state index in [1.165, 1.54) is 0 Å². The van der Waals surface area contributed by atoms with Gasteiger partial charge < -0.3 is 15.1 Å². The second-order valence-electron chi connectivity index (χ2n) is 5.41. The van der Waals surface area contributed by atoms with E-state index in [4.69, 9.17) is 0 Å². The Morgan fingerprint density at radius 1 is 1.35 bits per heavy atom. The van der Waals surface area contributed by atoms with Gasteiger partial charge in [0, 0.05) is 39.6 Å². The van der Waals surface area contributed by atoms with Crippen LogP contribution >= 0.6 is 0 Å². The fourth-order valence-electron chi connectivity index (χ4n) is 2.04. The number of anilines is 2. The van der Waals surface area contributed by atoms with E-state index in [1.807, 2.05) is 4.90 Å². The fourth-order valence-corrected chi connectivity index (χ4v) is 2.04. The van der Waals surface area contributed by atoms with Crippen LogP contribution in [0.25, 0.3) is 0 Å². The highest BCUT2D eigenvalue weighted by molar-refractivity contribution is 5.73. The molecular weight excluding hydrogens is 256 g/mol. The molecule has 1 fully saturated rings. The smallest absolute Gasteiger partial charge is 0.247 e. The molecule has 1 aliphatic heterocycles. The van der Waals surface area contributed by atoms with Crippen molar-refractivity contribution in [3.05, 3.63) is 6.20 Å². The first-order valence-electron chi connectivity index (χ1n) is 7.00. The molecule has 0 aromatic carbocycles. The summed E-state index contributed by atoms with van der Waals surface area (Å²) in [5.74, 6) is 2.04. The minimum absolute atomic E-state index is 0.121. The lowest BCUT2D eigenvalue weighted by Crippen LogP contribution is -2.48. The van der Waals surface area contributed by atoms with Gasteiger partial charge in [-0.15, -0.1) is 5.10 Å². The topological polar surface area (TPSA) is 74.2 Å². The molecule has 0 saturated carbocycles. The Labute approximate surface area is 119 Å². The van der Waals surface area contributed by atoms with Crippen LogP contribution in [0.2, 0.25) is 0 Å². The van der Waals surface area contributed by atoms with Gasteiger partial charge in [-0.1, -0.05) is 13.8 Å². The minimum Gasteiger partial charge on any atom is -0.368 e. The standard InChI is InChI=1S/C13H22N6O/c1-10(2)8-14-12-9-15-17-13(16-12)19-6-4-18(5-7-19)11(3)20/h9-10H,4-8H2,1-3H3,(H,14,16,17). The van der Waals surface area contributed by atoms with Gasteiger partial charge in [0.1, 0.15) is 0 Å². The van der Waals surface area contributed by atoms with Gasteiger partial charge in [-0.2, -0.15) is 10.1 Å². The molecule has 2 rings (SSSR count). The minimum atomic E-state index is 0.121. The van der Waals surface area contributed by atoms with Crippen molar-refractivity contribution in [1.29, 1.82) is 0 Å². The predicted molar refractivity (Wildman–Crippen MR) is 77.6 cm³/mol. The first kappa shape index (κ1) is 14.5. The van der Waals surface area contributed by atoms with E-state index < -0.39 is 0 Å². The van der Waals surface area contributed by atoms with E-state index in [-0.39, 0.29) is 5.91 Å². The zero-order valence-electron chi connectivity index (χ0n) is 12.3. The van der Waals surface area contributed by atoms with Crippen molar-refractivity contribution >= 4 is 17.7 Å². The van der Waals surface area contributed by atoms with Crippen molar-refractivity contribution < 1.29 is 4.79 Å². The zero-order chi connectivity index (χ0) is 14.5. The van der Waals surface area contributed by atoms with Gasteiger partial charge >= 0.3 is 0 Å². The highest BCUT2D eigenvalue weighted by atomic mass is 16.2. The van der Waals surface area contributed by atoms with Crippen molar-refractivity contribution in [2.24, 2.45) is 5.92 Å². The molecular formula is C13H22N6O. The molecule has 110 valence electrons. The van der Waals surface area contributed by atoms with E-state index in [0.29, 0.717) is 25.0 Å². The summed E-state index contributed by atoms with van der Waals surface area (Å²) in [6, 6.07) is 0. The van der Waals surface area contributed by atoms with Gasteiger partial charge in [-0.3, -0.25) is 4.79 Å². The lowest BCUT2D eigenvalue weighted by molar-refractivity contribution is -0.129. The average molecular weight is 278 g/mol. The molecule has 0 spiro atoms. The number of aromatic nitrogens is 3. The van der Waals surface area contributed by atoms with Crippen molar-refractivity contribution in [3.63, 3.8) is 0 Å². The lowest BCUT2D eigenvalue weighted by atomic mass is 10.2. The summed E-state index contributed by atoms with van der Waals surface area (Å²) in [6.45, 7) is 9.65. The molecule has 0 atom stereocenters. The van der Waals surface area contributed by atoms with E-state index in [0.717, 1.165) is 25.5 Å². The third-order valence-corrected chi connectivity index (χ3v) is 3.25. The molecule has 1 aromatic heterocycles. The van der Waals surface area contributed by atoms with Gasteiger partial charge in [0.05, 0.1) is 6.20 Å². The van der Waals surface area contributed by atoms with Crippen LogP contribution in [0.15, 0.2) is 6.20 Å². The second-order valence-corrected chi connectivity index (χ2v) is 5.41. The van der Waals surface area contributed by atoms with E-state index in [1.54, 1.807) is 13.1 Å². The van der Waals surface area contributed by atoms with E-state index >= 15 is 0 Å². The highest BCUT2D eigenvalue weighted by Crippen LogP contribution is 2.12. The maximum atomic E-state index is 11.3. The monoisotopic (exact) mass is 278 g/mol. The van der Waals surface area contributed by atoms with E-state index in [9.17, 15) is 4.79 Å². The van der Waals surface area contributed by atoms with Crippen LogP contribution in [0.1, 0.15) is 20.8 Å². The largest absolute Gasteiger partial charge is 0.368 e. The predicted octanol–water partition coefficient (Wildman–Crippen LogP) is 0.608. The SMILES string of the molecule is CC(=O)N1CCN(c2nncc(NCC(C)C)n2)CC1. The zero-order valence-corrected chi connectivity index (χ0v) is 12.3. The number of piperazine rings is 1. The third kappa shape index (κ3) is 3.79. The van der Waals surface area contributed by atoms with Crippen molar-refractivity contribution in [3.8, 4) is 0 Å². The van der Waals surface area contributed by atoms with Gasteiger partial charge in [0.25, 0.3) is 0 Å². The molecule has 2 heterocycles. The lowest BCUT2D eigenvalue weighted by Gasteiger charge is -2.33. The molecule has 1 saturated heterocycles. The number of carbonyl (C=O) groups is 1. The number of hydrogen-bond donors (Lipinski definition) is 1. The van der Waals surface area contributed by atoms with Gasteiger partial charge in [0.15, 0.2) is 5.82 Å². The molecule has 20 heavy (non-hydrogen) atoms. The molecule has 1 N–H and O–H groups in total. The Bertz CT molecular complexity index is 456. The Morgan fingerprint density at radius 2 is 2.05 bits per heavy atom. The number of rotatable bonds is 4. The highest BCUT2D eigenvalue weighted by Gasteiger charge is 2.20. The molecule has 7 heteroatoms. The number of carbonyl (C=O) groups excluding carboxylic acids is 1. The van der Waals surface area contributed by atoms with Gasteiger partial charge in [0.2, 0.25) is 11.9 Å². The summed E-state index contributed by atoms with van der Waals surface area (Å²) >= 11 is 0. The quantitative estimate of drug-likeness (QED) is 0.869. The normalized spacial score (nSPS) is 15.6. The number of amides is 1. The Morgan fingerprint density at radius 3 is 2.65 bits per heavy atom. The number of nitrogens with one attached hydrogen (secondary N) is 1. The summed E-state index contributed by atoms with van der Waals surface area (Å²) in [5.41, 5.74) is 0. The fraction of sp³-hybridized carbons (Fsp3) is 0.692. The van der Waals surface area contributed by atoms with Crippen LogP contribution in [0.5, 0.6) is 0 Å². The van der Waals surface area contributed by atoms with E-state index in [2.05, 4.69) is 39.2 Å². The molecule has 7 nitrogen and oxygen atoms in total. The summed E-state index contributed by atoms with van der Waals surface area (Å²) in [6.07, 6.45) is 1.64. The van der Waals surface area contributed by atoms with Crippen molar-refractivity contribution in [1.82, 2.24) is 20.1 Å². The second kappa shape index (κ2) is 6.49. The summed E-state index contributed by atoms with van der Waals surface area (Å²) in [7, 11) is 0. The maximum Gasteiger partial charge on any atom is 0.247 e. The van der Waals surface area contributed by atoms with Crippen LogP contribution in [0, 0.1) is 5.92 Å². The number of hydrogen-bond acceptors (Lipinski definition) is 6. The summed E-state index contributed by atoms with van der Waals surface area (Å²) < 4.78 is 0. The molecule has 1 amide bonds. The van der Waals surface area contributed by atoms with Crippen LogP contribution in [0.3, 0.4) is 0 Å². The molecule has 0 bridgehead atoms. The Kier molecular flexibility index (Phi) is 4.70. The summed E-state index contributed by atoms with van der Waals surface area (Å²) in [5, 5.41) is 11.3. The summed E-state index contributed by atoms with van der Waals surface area (Å²) in [4.78, 5) is 19.7. The Balaban J connectivity index is 1.96. The average Bonchev–Trinajstić information content (AvgIpc) is 2.45. The van der Waals surface area contributed by atoms with Crippen LogP contribution < -0.4 is 10.2 Å². The van der Waals surface area contributed by atoms with Crippen LogP contribution in [-0.4, -0.2) is 58.7 Å². The van der Waals surface area contributed by atoms with Gasteiger partial charge in [-0.25, -0.2) is 0 Å². The maximum absolute atomic E-state index is 11.3. The van der Waals surface area contributed by atoms with Crippen LogP contribution in [0.4, 0.5) is 11.8 Å². The van der Waals surface area contributed by atoms with Crippen molar-refractivity contribution in [2.45, 2.75) is 20.8 Å². The van der Waals surface area contributed by atoms with Crippen LogP contribution in [-0.2, 0) is 4.79 Å². The van der Waals surface area contributed by atoms with Crippen molar-refractivity contribution in [2.75, 3.05) is 42.9 Å². The molecule has 1 aromatic rings. The third-order valence-electron chi connectivity index (χ3n) is 3.25. The Hall–Kier alpha value is -1.92. The molecule has 0 radical (unpaired) electrons. The van der Waals surface area contributed by atoms with Gasteiger partial charge in [-0.05, 0) is 5.92 Å². The molecule has 0 unspecified atom stereocenters. The first-order chi connectivity index (χ1) is 9.56. The molecule has 1 aliphatic rings.